The van der Waals surface area contributed by atoms with Crippen LogP contribution >= 0.6 is 0 Å². The van der Waals surface area contributed by atoms with Gasteiger partial charge < -0.3 is 10.1 Å². The Morgan fingerprint density at radius 3 is 2.25 bits per heavy atom. The van der Waals surface area contributed by atoms with E-state index in [0.29, 0.717) is 0 Å². The molecule has 1 aliphatic carbocycles. The van der Waals surface area contributed by atoms with E-state index in [2.05, 4.69) is 5.32 Å². The quantitative estimate of drug-likeness (QED) is 0.746. The summed E-state index contributed by atoms with van der Waals surface area (Å²) in [5.74, 6) is -0.297. The van der Waals surface area contributed by atoms with E-state index in [4.69, 9.17) is 4.74 Å². The fourth-order valence-electron chi connectivity index (χ4n) is 1.45. The van der Waals surface area contributed by atoms with Crippen molar-refractivity contribution in [1.82, 2.24) is 5.32 Å². The summed E-state index contributed by atoms with van der Waals surface area (Å²) < 4.78 is 5.18. The number of hydrogen-bond acceptors (Lipinski definition) is 3. The molecule has 1 atom stereocenters. The first-order chi connectivity index (χ1) is 7.29. The maximum atomic E-state index is 11.6. The fourth-order valence-corrected chi connectivity index (χ4v) is 1.45. The normalized spacial score (nSPS) is 18.5. The van der Waals surface area contributed by atoms with Crippen LogP contribution in [0.25, 0.3) is 0 Å². The largest absolute Gasteiger partial charge is 0.458 e. The third-order valence-electron chi connectivity index (χ3n) is 2.60. The van der Waals surface area contributed by atoms with E-state index in [9.17, 15) is 9.59 Å². The Morgan fingerprint density at radius 1 is 1.31 bits per heavy atom. The van der Waals surface area contributed by atoms with Crippen molar-refractivity contribution >= 4 is 11.9 Å². The molecule has 4 nitrogen and oxygen atoms in total. The Kier molecular flexibility index (Phi) is 3.94. The lowest BCUT2D eigenvalue weighted by Crippen LogP contribution is -2.45. The molecule has 0 aromatic heterocycles. The Bertz CT molecular complexity index is 276. The zero-order valence-electron chi connectivity index (χ0n) is 10.5. The van der Waals surface area contributed by atoms with Gasteiger partial charge in [0.05, 0.1) is 0 Å². The third-order valence-corrected chi connectivity index (χ3v) is 2.60. The van der Waals surface area contributed by atoms with Gasteiger partial charge in [-0.3, -0.25) is 4.79 Å². The van der Waals surface area contributed by atoms with E-state index < -0.39 is 11.6 Å². The van der Waals surface area contributed by atoms with Crippen molar-refractivity contribution in [3.63, 3.8) is 0 Å². The second-order valence-corrected chi connectivity index (χ2v) is 5.39. The highest BCUT2D eigenvalue weighted by Gasteiger charge is 2.29. The predicted molar refractivity (Wildman–Crippen MR) is 60.8 cm³/mol. The lowest BCUT2D eigenvalue weighted by atomic mass is 9.84. The van der Waals surface area contributed by atoms with E-state index in [-0.39, 0.29) is 17.8 Å². The minimum absolute atomic E-state index is 0.0235. The molecule has 0 bridgehead atoms. The van der Waals surface area contributed by atoms with Crippen LogP contribution in [-0.4, -0.2) is 23.5 Å². The van der Waals surface area contributed by atoms with Crippen LogP contribution in [-0.2, 0) is 14.3 Å². The summed E-state index contributed by atoms with van der Waals surface area (Å²) in [6, 6.07) is -0.563. The molecule has 0 spiro atoms. The Hall–Kier alpha value is -1.06. The van der Waals surface area contributed by atoms with Crippen LogP contribution in [0.1, 0.15) is 47.0 Å². The van der Waals surface area contributed by atoms with Gasteiger partial charge in [0.2, 0.25) is 5.91 Å². The molecule has 1 N–H and O–H groups in total. The van der Waals surface area contributed by atoms with Crippen molar-refractivity contribution in [2.45, 2.75) is 58.6 Å². The maximum absolute atomic E-state index is 11.6. The average Bonchev–Trinajstić information content (AvgIpc) is 1.96. The number of rotatable bonds is 3. The molecule has 0 aliphatic heterocycles. The van der Waals surface area contributed by atoms with Gasteiger partial charge in [-0.1, -0.05) is 6.42 Å². The molecule has 4 heteroatoms. The smallest absolute Gasteiger partial charge is 0.328 e. The van der Waals surface area contributed by atoms with Crippen LogP contribution in [0.4, 0.5) is 0 Å². The van der Waals surface area contributed by atoms with Crippen LogP contribution < -0.4 is 5.32 Å². The highest BCUT2D eigenvalue weighted by molar-refractivity contribution is 5.85. The molecule has 16 heavy (non-hydrogen) atoms. The minimum atomic E-state index is -0.563. The number of hydrogen-bond donors (Lipinski definition) is 1. The van der Waals surface area contributed by atoms with Crippen LogP contribution in [0, 0.1) is 5.92 Å². The summed E-state index contributed by atoms with van der Waals surface area (Å²) >= 11 is 0. The molecule has 0 heterocycles. The lowest BCUT2D eigenvalue weighted by molar-refractivity contribution is -0.158. The summed E-state index contributed by atoms with van der Waals surface area (Å²) in [7, 11) is 0. The van der Waals surface area contributed by atoms with Gasteiger partial charge in [-0.2, -0.15) is 0 Å². The van der Waals surface area contributed by atoms with Gasteiger partial charge in [-0.05, 0) is 40.5 Å². The summed E-state index contributed by atoms with van der Waals surface area (Å²) in [5, 5.41) is 2.69. The summed E-state index contributed by atoms with van der Waals surface area (Å²) in [4.78, 5) is 23.2. The molecule has 0 aromatic rings. The highest BCUT2D eigenvalue weighted by atomic mass is 16.6. The number of esters is 1. The van der Waals surface area contributed by atoms with Crippen LogP contribution in [0.5, 0.6) is 0 Å². The molecule has 92 valence electrons. The van der Waals surface area contributed by atoms with Gasteiger partial charge in [-0.25, -0.2) is 4.79 Å². The van der Waals surface area contributed by atoms with E-state index in [1.54, 1.807) is 6.92 Å². The topological polar surface area (TPSA) is 55.4 Å². The molecule has 0 radical (unpaired) electrons. The monoisotopic (exact) mass is 227 g/mol. The van der Waals surface area contributed by atoms with Crippen molar-refractivity contribution in [3.8, 4) is 0 Å². The Labute approximate surface area is 96.7 Å². The predicted octanol–water partition coefficient (Wildman–Crippen LogP) is 1.63. The zero-order valence-corrected chi connectivity index (χ0v) is 10.5. The van der Waals surface area contributed by atoms with E-state index in [0.717, 1.165) is 19.3 Å². The van der Waals surface area contributed by atoms with Crippen LogP contribution in [0.15, 0.2) is 0 Å². The van der Waals surface area contributed by atoms with Gasteiger partial charge in [-0.15, -0.1) is 0 Å². The SMILES string of the molecule is C[C@@H](NC(=O)C1CCC1)C(=O)OC(C)(C)C. The first-order valence-electron chi connectivity index (χ1n) is 5.83. The second kappa shape index (κ2) is 4.85. The molecule has 0 saturated heterocycles. The van der Waals surface area contributed by atoms with Crippen molar-refractivity contribution < 1.29 is 14.3 Å². The average molecular weight is 227 g/mol. The third kappa shape index (κ3) is 3.83. The summed E-state index contributed by atoms with van der Waals surface area (Å²) in [5.41, 5.74) is -0.507. The molecule has 1 aliphatic rings. The van der Waals surface area contributed by atoms with E-state index in [1.807, 2.05) is 20.8 Å². The van der Waals surface area contributed by atoms with E-state index in [1.165, 1.54) is 0 Å². The molecule has 1 rings (SSSR count). The zero-order chi connectivity index (χ0) is 12.3. The van der Waals surface area contributed by atoms with Gasteiger partial charge in [0.1, 0.15) is 11.6 Å². The van der Waals surface area contributed by atoms with Crippen molar-refractivity contribution in [3.05, 3.63) is 0 Å². The van der Waals surface area contributed by atoms with Crippen LogP contribution in [0.2, 0.25) is 0 Å². The van der Waals surface area contributed by atoms with Crippen molar-refractivity contribution in [1.29, 1.82) is 0 Å². The number of amides is 1. The molecule has 1 fully saturated rings. The molecule has 1 amide bonds. The van der Waals surface area contributed by atoms with Gasteiger partial charge in [0.15, 0.2) is 0 Å². The standard InChI is InChI=1S/C12H21NO3/c1-8(11(15)16-12(2,3)4)13-10(14)9-6-5-7-9/h8-9H,5-7H2,1-4H3,(H,13,14)/t8-/m1/s1. The van der Waals surface area contributed by atoms with E-state index >= 15 is 0 Å². The molecule has 0 unspecified atom stereocenters. The summed E-state index contributed by atoms with van der Waals surface area (Å²) in [6.45, 7) is 7.09. The molecule has 1 saturated carbocycles. The molecular formula is C12H21NO3. The number of carbonyl (C=O) groups excluding carboxylic acids is 2. The second-order valence-electron chi connectivity index (χ2n) is 5.39. The molecule has 0 aromatic carbocycles. The minimum Gasteiger partial charge on any atom is -0.458 e. The lowest BCUT2D eigenvalue weighted by Gasteiger charge is -2.27. The number of carbonyl (C=O) groups is 2. The summed E-state index contributed by atoms with van der Waals surface area (Å²) in [6.07, 6.45) is 2.98. The van der Waals surface area contributed by atoms with Gasteiger partial charge in [0.25, 0.3) is 0 Å². The Balaban J connectivity index is 2.36. The van der Waals surface area contributed by atoms with Crippen molar-refractivity contribution in [2.75, 3.05) is 0 Å². The Morgan fingerprint density at radius 2 is 1.88 bits per heavy atom. The first kappa shape index (κ1) is 13.0. The van der Waals surface area contributed by atoms with Crippen LogP contribution in [0.3, 0.4) is 0 Å². The first-order valence-corrected chi connectivity index (χ1v) is 5.83. The fraction of sp³-hybridized carbons (Fsp3) is 0.833. The highest BCUT2D eigenvalue weighted by Crippen LogP contribution is 2.26. The van der Waals surface area contributed by atoms with Gasteiger partial charge >= 0.3 is 5.97 Å². The molecular weight excluding hydrogens is 206 g/mol. The van der Waals surface area contributed by atoms with Crippen molar-refractivity contribution in [2.24, 2.45) is 5.92 Å². The number of nitrogens with one attached hydrogen (secondary N) is 1. The number of ether oxygens (including phenoxy) is 1. The maximum Gasteiger partial charge on any atom is 0.328 e. The van der Waals surface area contributed by atoms with Gasteiger partial charge in [0, 0.05) is 5.92 Å².